The molecule has 1 aromatic heterocycles. The zero-order chi connectivity index (χ0) is 14.1. The van der Waals surface area contributed by atoms with Crippen molar-refractivity contribution in [2.45, 2.75) is 26.2 Å². The third-order valence-electron chi connectivity index (χ3n) is 3.66. The van der Waals surface area contributed by atoms with Gasteiger partial charge in [-0.15, -0.1) is 0 Å². The number of ketones is 1. The number of rotatable bonds is 3. The Bertz CT molecular complexity index is 658. The number of aromatic nitrogens is 2. The first-order valence-electron chi connectivity index (χ1n) is 7.02. The summed E-state index contributed by atoms with van der Waals surface area (Å²) in [6, 6.07) is 5.82. The van der Waals surface area contributed by atoms with E-state index in [9.17, 15) is 4.79 Å². The fourth-order valence-electron chi connectivity index (χ4n) is 2.70. The second kappa shape index (κ2) is 5.12. The number of hydrogen-bond acceptors (Lipinski definition) is 3. The SMILES string of the molecule is CCc1nn(C)cc1C(=O)c1cccc2c1OCCC2. The Hall–Kier alpha value is -2.10. The van der Waals surface area contributed by atoms with E-state index in [1.807, 2.05) is 32.2 Å². The average Bonchev–Trinajstić information content (AvgIpc) is 2.87. The van der Waals surface area contributed by atoms with Crippen molar-refractivity contribution in [1.29, 1.82) is 0 Å². The number of carbonyl (C=O) groups excluding carboxylic acids is 1. The van der Waals surface area contributed by atoms with Crippen molar-refractivity contribution in [3.8, 4) is 5.75 Å². The smallest absolute Gasteiger partial charge is 0.200 e. The maximum Gasteiger partial charge on any atom is 0.200 e. The number of para-hydroxylation sites is 1. The van der Waals surface area contributed by atoms with Crippen LogP contribution in [-0.2, 0) is 19.9 Å². The molecule has 1 aliphatic rings. The van der Waals surface area contributed by atoms with E-state index in [4.69, 9.17) is 4.74 Å². The van der Waals surface area contributed by atoms with Crippen LogP contribution < -0.4 is 4.74 Å². The van der Waals surface area contributed by atoms with Crippen LogP contribution in [0.4, 0.5) is 0 Å². The van der Waals surface area contributed by atoms with Crippen LogP contribution in [0, 0.1) is 0 Å². The molecule has 2 aromatic rings. The molecule has 0 bridgehead atoms. The lowest BCUT2D eigenvalue weighted by atomic mass is 9.96. The zero-order valence-electron chi connectivity index (χ0n) is 11.8. The second-order valence-corrected chi connectivity index (χ2v) is 5.09. The quantitative estimate of drug-likeness (QED) is 0.805. The van der Waals surface area contributed by atoms with Gasteiger partial charge in [0.05, 0.1) is 23.4 Å². The summed E-state index contributed by atoms with van der Waals surface area (Å²) in [5, 5.41) is 4.34. The molecule has 20 heavy (non-hydrogen) atoms. The molecule has 0 spiro atoms. The largest absolute Gasteiger partial charge is 0.493 e. The number of carbonyl (C=O) groups is 1. The van der Waals surface area contributed by atoms with Crippen molar-refractivity contribution in [2.75, 3.05) is 6.61 Å². The van der Waals surface area contributed by atoms with E-state index in [1.54, 1.807) is 10.9 Å². The Morgan fingerprint density at radius 1 is 1.40 bits per heavy atom. The molecule has 0 atom stereocenters. The first-order valence-corrected chi connectivity index (χ1v) is 7.02. The van der Waals surface area contributed by atoms with E-state index in [2.05, 4.69) is 5.10 Å². The second-order valence-electron chi connectivity index (χ2n) is 5.09. The van der Waals surface area contributed by atoms with Crippen LogP contribution in [0.1, 0.15) is 40.5 Å². The van der Waals surface area contributed by atoms with Crippen molar-refractivity contribution >= 4 is 5.78 Å². The van der Waals surface area contributed by atoms with Crippen LogP contribution in [0.2, 0.25) is 0 Å². The summed E-state index contributed by atoms with van der Waals surface area (Å²) in [6.45, 7) is 2.70. The molecular weight excluding hydrogens is 252 g/mol. The van der Waals surface area contributed by atoms with E-state index in [-0.39, 0.29) is 5.78 Å². The highest BCUT2D eigenvalue weighted by molar-refractivity contribution is 6.11. The maximum absolute atomic E-state index is 12.8. The van der Waals surface area contributed by atoms with Crippen molar-refractivity contribution in [1.82, 2.24) is 9.78 Å². The molecule has 1 aromatic carbocycles. The van der Waals surface area contributed by atoms with Gasteiger partial charge in [0.2, 0.25) is 0 Å². The molecule has 0 saturated carbocycles. The molecule has 4 nitrogen and oxygen atoms in total. The molecule has 104 valence electrons. The lowest BCUT2D eigenvalue weighted by molar-refractivity contribution is 0.103. The summed E-state index contributed by atoms with van der Waals surface area (Å²) in [7, 11) is 1.84. The van der Waals surface area contributed by atoms with Gasteiger partial charge in [-0.05, 0) is 30.9 Å². The average molecular weight is 270 g/mol. The van der Waals surface area contributed by atoms with Gasteiger partial charge in [0.1, 0.15) is 5.75 Å². The van der Waals surface area contributed by atoms with Crippen LogP contribution in [0.5, 0.6) is 5.75 Å². The monoisotopic (exact) mass is 270 g/mol. The van der Waals surface area contributed by atoms with Gasteiger partial charge in [-0.1, -0.05) is 19.1 Å². The Morgan fingerprint density at radius 2 is 2.25 bits per heavy atom. The summed E-state index contributed by atoms with van der Waals surface area (Å²) < 4.78 is 7.43. The zero-order valence-corrected chi connectivity index (χ0v) is 11.8. The molecular formula is C16H18N2O2. The number of ether oxygens (including phenoxy) is 1. The number of benzene rings is 1. The summed E-state index contributed by atoms with van der Waals surface area (Å²) in [6.07, 6.45) is 4.53. The minimum absolute atomic E-state index is 0.00806. The first kappa shape index (κ1) is 12.9. The number of fused-ring (bicyclic) bond motifs is 1. The highest BCUT2D eigenvalue weighted by atomic mass is 16.5. The molecule has 0 unspecified atom stereocenters. The van der Waals surface area contributed by atoms with Crippen molar-refractivity contribution in [3.05, 3.63) is 46.8 Å². The van der Waals surface area contributed by atoms with Gasteiger partial charge in [0.25, 0.3) is 0 Å². The fraction of sp³-hybridized carbons (Fsp3) is 0.375. The Labute approximate surface area is 118 Å². The topological polar surface area (TPSA) is 44.1 Å². The van der Waals surface area contributed by atoms with Gasteiger partial charge in [0.15, 0.2) is 5.78 Å². The Balaban J connectivity index is 2.06. The van der Waals surface area contributed by atoms with Gasteiger partial charge in [-0.25, -0.2) is 0 Å². The Kier molecular flexibility index (Phi) is 3.30. The van der Waals surface area contributed by atoms with Crippen molar-refractivity contribution < 1.29 is 9.53 Å². The highest BCUT2D eigenvalue weighted by Gasteiger charge is 2.23. The van der Waals surface area contributed by atoms with Crippen LogP contribution in [0.3, 0.4) is 0 Å². The highest BCUT2D eigenvalue weighted by Crippen LogP contribution is 2.31. The lowest BCUT2D eigenvalue weighted by Gasteiger charge is -2.19. The third-order valence-corrected chi connectivity index (χ3v) is 3.66. The van der Waals surface area contributed by atoms with Crippen LogP contribution in [0.25, 0.3) is 0 Å². The summed E-state index contributed by atoms with van der Waals surface area (Å²) in [5.74, 6) is 0.767. The van der Waals surface area contributed by atoms with Crippen LogP contribution in [-0.4, -0.2) is 22.2 Å². The standard InChI is InChI=1S/C16H18N2O2/c1-3-14-13(10-18(2)17-14)15(19)12-8-4-6-11-7-5-9-20-16(11)12/h4,6,8,10H,3,5,7,9H2,1-2H3. The predicted molar refractivity (Wildman–Crippen MR) is 76.3 cm³/mol. The first-order chi connectivity index (χ1) is 9.70. The molecule has 0 fully saturated rings. The molecule has 2 heterocycles. The number of hydrogen-bond donors (Lipinski definition) is 0. The summed E-state index contributed by atoms with van der Waals surface area (Å²) in [5.41, 5.74) is 3.30. The number of aryl methyl sites for hydroxylation is 3. The number of nitrogens with zero attached hydrogens (tertiary/aromatic N) is 2. The predicted octanol–water partition coefficient (Wildman–Crippen LogP) is 2.54. The van der Waals surface area contributed by atoms with E-state index in [1.165, 1.54) is 0 Å². The molecule has 0 N–H and O–H groups in total. The normalized spacial score (nSPS) is 13.7. The van der Waals surface area contributed by atoms with Gasteiger partial charge >= 0.3 is 0 Å². The molecule has 0 amide bonds. The lowest BCUT2D eigenvalue weighted by Crippen LogP contribution is -2.13. The minimum Gasteiger partial charge on any atom is -0.493 e. The molecule has 0 saturated heterocycles. The van der Waals surface area contributed by atoms with Gasteiger partial charge in [-0.3, -0.25) is 9.48 Å². The van der Waals surface area contributed by atoms with E-state index in [0.29, 0.717) is 17.7 Å². The van der Waals surface area contributed by atoms with E-state index >= 15 is 0 Å². The fourth-order valence-corrected chi connectivity index (χ4v) is 2.70. The minimum atomic E-state index is 0.00806. The molecule has 0 aliphatic carbocycles. The van der Waals surface area contributed by atoms with Gasteiger partial charge < -0.3 is 4.74 Å². The van der Waals surface area contributed by atoms with E-state index in [0.717, 1.165) is 36.3 Å². The van der Waals surface area contributed by atoms with E-state index < -0.39 is 0 Å². The van der Waals surface area contributed by atoms with Gasteiger partial charge in [0, 0.05) is 13.2 Å². The molecule has 0 radical (unpaired) electrons. The maximum atomic E-state index is 12.8. The van der Waals surface area contributed by atoms with Crippen molar-refractivity contribution in [2.24, 2.45) is 7.05 Å². The van der Waals surface area contributed by atoms with Crippen LogP contribution in [0.15, 0.2) is 24.4 Å². The molecule has 4 heteroatoms. The molecule has 3 rings (SSSR count). The van der Waals surface area contributed by atoms with Crippen LogP contribution >= 0.6 is 0 Å². The third kappa shape index (κ3) is 2.11. The summed E-state index contributed by atoms with van der Waals surface area (Å²) in [4.78, 5) is 12.8. The summed E-state index contributed by atoms with van der Waals surface area (Å²) >= 11 is 0. The molecule has 1 aliphatic heterocycles. The van der Waals surface area contributed by atoms with Gasteiger partial charge in [-0.2, -0.15) is 5.10 Å². The van der Waals surface area contributed by atoms with Crippen molar-refractivity contribution in [3.63, 3.8) is 0 Å². The Morgan fingerprint density at radius 3 is 3.05 bits per heavy atom.